The van der Waals surface area contributed by atoms with Crippen molar-refractivity contribution in [2.75, 3.05) is 17.3 Å². The summed E-state index contributed by atoms with van der Waals surface area (Å²) in [6.45, 7) is 0. The van der Waals surface area contributed by atoms with Crippen molar-refractivity contribution in [1.82, 2.24) is 9.97 Å². The number of carbonyl (C=O) groups excluding carboxylic acids is 2. The van der Waals surface area contributed by atoms with Gasteiger partial charge in [0.2, 0.25) is 17.8 Å². The molecule has 5 rings (SSSR count). The number of methoxy groups -OCH3 is 1. The van der Waals surface area contributed by atoms with Gasteiger partial charge in [-0.25, -0.2) is 4.98 Å². The first kappa shape index (κ1) is 20.8. The second-order valence-electron chi connectivity index (χ2n) is 8.05. The number of carbonyl (C=O) groups is 2. The number of piperidine rings is 1. The minimum atomic E-state index is -0.444. The third-order valence-corrected chi connectivity index (χ3v) is 6.06. The molecule has 2 heterocycles. The second-order valence-corrected chi connectivity index (χ2v) is 8.05. The van der Waals surface area contributed by atoms with Gasteiger partial charge in [0, 0.05) is 12.1 Å². The third-order valence-electron chi connectivity index (χ3n) is 6.06. The van der Waals surface area contributed by atoms with Crippen molar-refractivity contribution in [2.45, 2.75) is 18.9 Å². The highest BCUT2D eigenvalue weighted by molar-refractivity contribution is 6.00. The Bertz CT molecular complexity index is 1250. The number of nitrogens with zero attached hydrogens (tertiary/aromatic N) is 2. The molecule has 1 aliphatic rings. The standard InChI is InChI=1S/C26H24N4O3/c1-33-19-13-11-18(12-14-19)30-23(31)16-15-20(24(30)17-7-3-2-4-8-17)25(32)29-26-27-21-9-5-6-10-22(21)28-26/h2-14,20,24H,15-16H2,1H3,(H2,27,28,29,32)/t20-,24-/m0/s1. The monoisotopic (exact) mass is 440 g/mol. The van der Waals surface area contributed by atoms with Crippen LogP contribution in [0.25, 0.3) is 11.0 Å². The van der Waals surface area contributed by atoms with Crippen LogP contribution < -0.4 is 15.0 Å². The van der Waals surface area contributed by atoms with Crippen LogP contribution in [0.2, 0.25) is 0 Å². The molecular formula is C26H24N4O3. The number of aromatic amines is 1. The van der Waals surface area contributed by atoms with Gasteiger partial charge in [-0.2, -0.15) is 0 Å². The number of H-pyrrole nitrogens is 1. The maximum atomic E-state index is 13.5. The number of nitrogens with one attached hydrogen (secondary N) is 2. The lowest BCUT2D eigenvalue weighted by Crippen LogP contribution is -2.47. The molecule has 0 aliphatic carbocycles. The predicted molar refractivity (Wildman–Crippen MR) is 127 cm³/mol. The number of imidazole rings is 1. The average Bonchev–Trinajstić information content (AvgIpc) is 3.26. The Morgan fingerprint density at radius 1 is 1.03 bits per heavy atom. The molecule has 1 saturated heterocycles. The summed E-state index contributed by atoms with van der Waals surface area (Å²) in [6, 6.07) is 24.2. The Morgan fingerprint density at radius 3 is 2.48 bits per heavy atom. The van der Waals surface area contributed by atoms with E-state index in [4.69, 9.17) is 4.74 Å². The lowest BCUT2D eigenvalue weighted by Gasteiger charge is -2.40. The molecule has 0 radical (unpaired) electrons. The lowest BCUT2D eigenvalue weighted by molar-refractivity contribution is -0.126. The minimum Gasteiger partial charge on any atom is -0.497 e. The fourth-order valence-electron chi connectivity index (χ4n) is 4.47. The summed E-state index contributed by atoms with van der Waals surface area (Å²) in [6.07, 6.45) is 0.741. The minimum absolute atomic E-state index is 0.0122. The van der Waals surface area contributed by atoms with Crippen LogP contribution in [0.1, 0.15) is 24.4 Å². The predicted octanol–water partition coefficient (Wildman–Crippen LogP) is 4.69. The quantitative estimate of drug-likeness (QED) is 0.471. The van der Waals surface area contributed by atoms with Crippen molar-refractivity contribution in [1.29, 1.82) is 0 Å². The largest absolute Gasteiger partial charge is 0.497 e. The van der Waals surface area contributed by atoms with Crippen LogP contribution in [0.15, 0.2) is 78.9 Å². The van der Waals surface area contributed by atoms with Gasteiger partial charge in [0.15, 0.2) is 0 Å². The van der Waals surface area contributed by atoms with Crippen molar-refractivity contribution in [3.05, 3.63) is 84.4 Å². The van der Waals surface area contributed by atoms with Crippen molar-refractivity contribution in [2.24, 2.45) is 5.92 Å². The number of anilines is 2. The van der Waals surface area contributed by atoms with Crippen LogP contribution in [0.5, 0.6) is 5.75 Å². The topological polar surface area (TPSA) is 87.3 Å². The molecule has 0 bridgehead atoms. The van der Waals surface area contributed by atoms with Crippen molar-refractivity contribution in [3.63, 3.8) is 0 Å². The number of fused-ring (bicyclic) bond motifs is 1. The van der Waals surface area contributed by atoms with E-state index in [-0.39, 0.29) is 18.2 Å². The molecule has 0 spiro atoms. The van der Waals surface area contributed by atoms with Gasteiger partial charge in [-0.15, -0.1) is 0 Å². The zero-order valence-electron chi connectivity index (χ0n) is 18.2. The maximum absolute atomic E-state index is 13.5. The van der Waals surface area contributed by atoms with Crippen LogP contribution in [-0.4, -0.2) is 28.9 Å². The van der Waals surface area contributed by atoms with Crippen molar-refractivity contribution >= 4 is 34.5 Å². The summed E-state index contributed by atoms with van der Waals surface area (Å²) in [5.74, 6) is 0.482. The van der Waals surface area contributed by atoms with E-state index in [1.165, 1.54) is 0 Å². The molecule has 2 atom stereocenters. The Hall–Kier alpha value is -4.13. The van der Waals surface area contributed by atoms with Crippen molar-refractivity contribution < 1.29 is 14.3 Å². The molecule has 0 saturated carbocycles. The number of hydrogen-bond donors (Lipinski definition) is 2. The average molecular weight is 441 g/mol. The smallest absolute Gasteiger partial charge is 0.232 e. The van der Waals surface area contributed by atoms with Gasteiger partial charge in [-0.3, -0.25) is 14.9 Å². The molecule has 1 fully saturated rings. The van der Waals surface area contributed by atoms with Crippen LogP contribution in [0.4, 0.5) is 11.6 Å². The molecule has 0 unspecified atom stereocenters. The van der Waals surface area contributed by atoms with E-state index in [2.05, 4.69) is 15.3 Å². The van der Waals surface area contributed by atoms with Gasteiger partial charge in [-0.05, 0) is 48.4 Å². The molecular weight excluding hydrogens is 416 g/mol. The van der Waals surface area contributed by atoms with E-state index in [1.54, 1.807) is 12.0 Å². The first-order valence-electron chi connectivity index (χ1n) is 10.9. The zero-order chi connectivity index (χ0) is 22.8. The summed E-state index contributed by atoms with van der Waals surface area (Å²) >= 11 is 0. The molecule has 1 aromatic heterocycles. The van der Waals surface area contributed by atoms with E-state index < -0.39 is 12.0 Å². The van der Waals surface area contributed by atoms with Gasteiger partial charge in [0.1, 0.15) is 5.75 Å². The number of benzene rings is 3. The van der Waals surface area contributed by atoms with Crippen LogP contribution in [-0.2, 0) is 9.59 Å². The summed E-state index contributed by atoms with van der Waals surface area (Å²) in [5.41, 5.74) is 3.28. The van der Waals surface area contributed by atoms with Crippen LogP contribution >= 0.6 is 0 Å². The first-order chi connectivity index (χ1) is 16.1. The Kier molecular flexibility index (Phi) is 5.52. The van der Waals surface area contributed by atoms with E-state index in [9.17, 15) is 9.59 Å². The Labute approximate surface area is 191 Å². The van der Waals surface area contributed by atoms with Crippen LogP contribution in [0.3, 0.4) is 0 Å². The van der Waals surface area contributed by atoms with E-state index in [0.29, 0.717) is 18.1 Å². The number of ether oxygens (including phenoxy) is 1. The number of hydrogen-bond acceptors (Lipinski definition) is 4. The summed E-state index contributed by atoms with van der Waals surface area (Å²) in [5, 5.41) is 2.94. The van der Waals surface area contributed by atoms with Gasteiger partial charge < -0.3 is 14.6 Å². The van der Waals surface area contributed by atoms with E-state index >= 15 is 0 Å². The third kappa shape index (κ3) is 4.05. The fourth-order valence-corrected chi connectivity index (χ4v) is 4.47. The fraction of sp³-hybridized carbons (Fsp3) is 0.192. The molecule has 33 heavy (non-hydrogen) atoms. The number of rotatable bonds is 5. The molecule has 7 nitrogen and oxygen atoms in total. The Morgan fingerprint density at radius 2 is 1.76 bits per heavy atom. The lowest BCUT2D eigenvalue weighted by atomic mass is 9.83. The molecule has 166 valence electrons. The number of aromatic nitrogens is 2. The van der Waals surface area contributed by atoms with Crippen molar-refractivity contribution in [3.8, 4) is 5.75 Å². The molecule has 2 amide bonds. The Balaban J connectivity index is 1.50. The summed E-state index contributed by atoms with van der Waals surface area (Å²) in [7, 11) is 1.60. The molecule has 4 aromatic rings. The SMILES string of the molecule is COc1ccc(N2C(=O)CC[C@H](C(=O)Nc3nc4ccccc4[nH]3)[C@@H]2c2ccccc2)cc1. The molecule has 7 heteroatoms. The highest BCUT2D eigenvalue weighted by atomic mass is 16.5. The van der Waals surface area contributed by atoms with Gasteiger partial charge in [-0.1, -0.05) is 42.5 Å². The maximum Gasteiger partial charge on any atom is 0.232 e. The molecule has 3 aromatic carbocycles. The molecule has 1 aliphatic heterocycles. The molecule has 2 N–H and O–H groups in total. The van der Waals surface area contributed by atoms with Gasteiger partial charge in [0.25, 0.3) is 0 Å². The number of amides is 2. The van der Waals surface area contributed by atoms with Gasteiger partial charge >= 0.3 is 0 Å². The normalized spacial score (nSPS) is 18.3. The number of para-hydroxylation sites is 2. The highest BCUT2D eigenvalue weighted by Crippen LogP contribution is 2.40. The first-order valence-corrected chi connectivity index (χ1v) is 10.9. The summed E-state index contributed by atoms with van der Waals surface area (Å²) in [4.78, 5) is 36.0. The van der Waals surface area contributed by atoms with Crippen LogP contribution in [0, 0.1) is 5.92 Å². The highest BCUT2D eigenvalue weighted by Gasteiger charge is 2.41. The summed E-state index contributed by atoms with van der Waals surface area (Å²) < 4.78 is 5.27. The second kappa shape index (κ2) is 8.78. The van der Waals surface area contributed by atoms with E-state index in [1.807, 2.05) is 78.9 Å². The van der Waals surface area contributed by atoms with E-state index in [0.717, 1.165) is 22.3 Å². The zero-order valence-corrected chi connectivity index (χ0v) is 18.2. The van der Waals surface area contributed by atoms with Gasteiger partial charge in [0.05, 0.1) is 30.1 Å².